The van der Waals surface area contributed by atoms with Gasteiger partial charge in [0.15, 0.2) is 0 Å². The van der Waals surface area contributed by atoms with E-state index >= 15 is 0 Å². The first-order valence-corrected chi connectivity index (χ1v) is 10.4. The van der Waals surface area contributed by atoms with E-state index in [0.717, 1.165) is 28.1 Å². The maximum Gasteiger partial charge on any atom is 0.233 e. The molecular formula is C23H24ClN5O2. The Balaban J connectivity index is 1.58. The summed E-state index contributed by atoms with van der Waals surface area (Å²) in [7, 11) is 3.21. The zero-order chi connectivity index (χ0) is 21.8. The average molecular weight is 438 g/mol. The highest BCUT2D eigenvalue weighted by Crippen LogP contribution is 2.40. The molecule has 0 atom stereocenters. The average Bonchev–Trinajstić information content (AvgIpc) is 3.23. The highest BCUT2D eigenvalue weighted by Gasteiger charge is 2.28. The van der Waals surface area contributed by atoms with Gasteiger partial charge in [0.25, 0.3) is 0 Å². The van der Waals surface area contributed by atoms with Gasteiger partial charge in [0, 0.05) is 12.6 Å². The molecule has 0 saturated heterocycles. The van der Waals surface area contributed by atoms with Gasteiger partial charge in [-0.3, -0.25) is 4.79 Å². The molecule has 160 valence electrons. The lowest BCUT2D eigenvalue weighted by atomic mass is 10.0. The lowest BCUT2D eigenvalue weighted by molar-refractivity contribution is -0.119. The number of benzene rings is 2. The van der Waals surface area contributed by atoms with E-state index < -0.39 is 0 Å². The van der Waals surface area contributed by atoms with Crippen molar-refractivity contribution in [2.24, 2.45) is 0 Å². The second kappa shape index (κ2) is 9.32. The van der Waals surface area contributed by atoms with Crippen LogP contribution in [0.15, 0.2) is 48.5 Å². The second-order valence-corrected chi connectivity index (χ2v) is 7.59. The van der Waals surface area contributed by atoms with Crippen molar-refractivity contribution in [2.75, 3.05) is 25.6 Å². The van der Waals surface area contributed by atoms with Gasteiger partial charge in [0.1, 0.15) is 5.82 Å². The normalized spacial score (nSPS) is 12.5. The number of amides is 1. The van der Waals surface area contributed by atoms with Crippen LogP contribution in [-0.4, -0.2) is 36.6 Å². The van der Waals surface area contributed by atoms with Crippen LogP contribution < -0.4 is 20.3 Å². The Morgan fingerprint density at radius 2 is 1.94 bits per heavy atom. The SMILES string of the molecule is CNC(=O)CNCc1nc2c(c(OC)n1)CN(c1cccc(-c3ccccc3)c1Cl)C2. The fourth-order valence-corrected chi connectivity index (χ4v) is 4.03. The van der Waals surface area contributed by atoms with E-state index in [1.165, 1.54) is 0 Å². The van der Waals surface area contributed by atoms with Crippen LogP contribution in [0.1, 0.15) is 17.1 Å². The van der Waals surface area contributed by atoms with Gasteiger partial charge in [-0.15, -0.1) is 0 Å². The number of hydrogen-bond donors (Lipinski definition) is 2. The van der Waals surface area contributed by atoms with Crippen molar-refractivity contribution < 1.29 is 9.53 Å². The van der Waals surface area contributed by atoms with Crippen molar-refractivity contribution in [3.05, 3.63) is 70.6 Å². The molecule has 2 N–H and O–H groups in total. The molecule has 1 aromatic heterocycles. The predicted octanol–water partition coefficient (Wildman–Crippen LogP) is 3.16. The number of carbonyl (C=O) groups excluding carboxylic acids is 1. The number of rotatable bonds is 7. The van der Waals surface area contributed by atoms with Crippen molar-refractivity contribution in [3.63, 3.8) is 0 Å². The first-order valence-electron chi connectivity index (χ1n) is 10.0. The lowest BCUT2D eigenvalue weighted by Crippen LogP contribution is -2.31. The summed E-state index contributed by atoms with van der Waals surface area (Å²) in [5.41, 5.74) is 4.88. The van der Waals surface area contributed by atoms with Crippen molar-refractivity contribution in [1.82, 2.24) is 20.6 Å². The number of likely N-dealkylation sites (N-methyl/N-ethyl adjacent to an activating group) is 1. The number of anilines is 1. The molecule has 0 radical (unpaired) electrons. The monoisotopic (exact) mass is 437 g/mol. The highest BCUT2D eigenvalue weighted by molar-refractivity contribution is 6.36. The fraction of sp³-hybridized carbons (Fsp3) is 0.261. The van der Waals surface area contributed by atoms with E-state index in [1.807, 2.05) is 36.4 Å². The van der Waals surface area contributed by atoms with Crippen molar-refractivity contribution in [3.8, 4) is 17.0 Å². The van der Waals surface area contributed by atoms with Gasteiger partial charge >= 0.3 is 0 Å². The van der Waals surface area contributed by atoms with E-state index in [1.54, 1.807) is 14.2 Å². The molecule has 1 amide bonds. The molecule has 31 heavy (non-hydrogen) atoms. The predicted molar refractivity (Wildman–Crippen MR) is 121 cm³/mol. The number of nitrogens with one attached hydrogen (secondary N) is 2. The van der Waals surface area contributed by atoms with E-state index in [2.05, 4.69) is 32.7 Å². The first-order chi connectivity index (χ1) is 15.1. The van der Waals surface area contributed by atoms with Crippen molar-refractivity contribution in [2.45, 2.75) is 19.6 Å². The summed E-state index contributed by atoms with van der Waals surface area (Å²) in [6, 6.07) is 16.2. The molecule has 0 spiro atoms. The number of nitrogens with zero attached hydrogens (tertiary/aromatic N) is 3. The van der Waals surface area contributed by atoms with Crippen LogP contribution in [0.3, 0.4) is 0 Å². The minimum absolute atomic E-state index is 0.0905. The molecule has 0 aliphatic carbocycles. The fourth-order valence-electron chi connectivity index (χ4n) is 3.67. The van der Waals surface area contributed by atoms with Gasteiger partial charge in [0.2, 0.25) is 11.8 Å². The third-order valence-corrected chi connectivity index (χ3v) is 5.63. The quantitative estimate of drug-likeness (QED) is 0.591. The number of halogens is 1. The van der Waals surface area contributed by atoms with Crippen molar-refractivity contribution >= 4 is 23.2 Å². The molecule has 0 unspecified atom stereocenters. The van der Waals surface area contributed by atoms with Crippen LogP contribution in [0.5, 0.6) is 5.88 Å². The van der Waals surface area contributed by atoms with Gasteiger partial charge in [-0.05, 0) is 11.6 Å². The highest BCUT2D eigenvalue weighted by atomic mass is 35.5. The summed E-state index contributed by atoms with van der Waals surface area (Å²) in [6.45, 7) is 1.80. The maximum absolute atomic E-state index is 11.4. The Bertz CT molecular complexity index is 1090. The lowest BCUT2D eigenvalue weighted by Gasteiger charge is -2.20. The van der Waals surface area contributed by atoms with Crippen LogP contribution >= 0.6 is 11.6 Å². The first kappa shape index (κ1) is 21.1. The van der Waals surface area contributed by atoms with Crippen LogP contribution in [-0.2, 0) is 24.4 Å². The van der Waals surface area contributed by atoms with E-state index in [4.69, 9.17) is 21.3 Å². The molecule has 7 nitrogen and oxygen atoms in total. The third kappa shape index (κ3) is 4.47. The van der Waals surface area contributed by atoms with Gasteiger partial charge in [-0.25, -0.2) is 4.98 Å². The molecule has 3 aromatic rings. The minimum Gasteiger partial charge on any atom is -0.481 e. The summed E-state index contributed by atoms with van der Waals surface area (Å²) >= 11 is 6.83. The van der Waals surface area contributed by atoms with E-state index in [9.17, 15) is 4.79 Å². The Labute approximate surface area is 186 Å². The van der Waals surface area contributed by atoms with Gasteiger partial charge in [-0.1, -0.05) is 54.1 Å². The number of aromatic nitrogens is 2. The Kier molecular flexibility index (Phi) is 6.34. The molecule has 1 aliphatic rings. The van der Waals surface area contributed by atoms with Crippen LogP contribution in [0.4, 0.5) is 5.69 Å². The van der Waals surface area contributed by atoms with Gasteiger partial charge in [0.05, 0.1) is 55.3 Å². The molecule has 4 rings (SSSR count). The number of carbonyl (C=O) groups is 1. The zero-order valence-electron chi connectivity index (χ0n) is 17.5. The third-order valence-electron chi connectivity index (χ3n) is 5.24. The summed E-state index contributed by atoms with van der Waals surface area (Å²) in [4.78, 5) is 22.8. The largest absolute Gasteiger partial charge is 0.481 e. The number of methoxy groups -OCH3 is 1. The zero-order valence-corrected chi connectivity index (χ0v) is 18.2. The number of hydrogen-bond acceptors (Lipinski definition) is 6. The van der Waals surface area contributed by atoms with Crippen LogP contribution in [0.25, 0.3) is 11.1 Å². The standard InChI is InChI=1S/C23H24ClN5O2/c1-25-21(30)12-26-11-20-27-18-14-29(13-17(18)23(28-20)31-2)19-10-6-9-16(22(19)24)15-7-4-3-5-8-15/h3-10,26H,11-14H2,1-2H3,(H,25,30). The molecule has 2 heterocycles. The summed E-state index contributed by atoms with van der Waals surface area (Å²) < 4.78 is 5.54. The second-order valence-electron chi connectivity index (χ2n) is 7.21. The van der Waals surface area contributed by atoms with Crippen LogP contribution in [0, 0.1) is 0 Å². The summed E-state index contributed by atoms with van der Waals surface area (Å²) in [5.74, 6) is 1.05. The summed E-state index contributed by atoms with van der Waals surface area (Å²) in [5, 5.41) is 6.33. The molecule has 1 aliphatic heterocycles. The molecule has 2 aromatic carbocycles. The topological polar surface area (TPSA) is 79.4 Å². The van der Waals surface area contributed by atoms with Crippen molar-refractivity contribution in [1.29, 1.82) is 0 Å². The van der Waals surface area contributed by atoms with E-state index in [0.29, 0.717) is 36.4 Å². The van der Waals surface area contributed by atoms with Gasteiger partial charge in [-0.2, -0.15) is 4.98 Å². The molecule has 0 bridgehead atoms. The molecular weight excluding hydrogens is 414 g/mol. The van der Waals surface area contributed by atoms with Crippen LogP contribution in [0.2, 0.25) is 5.02 Å². The van der Waals surface area contributed by atoms with Gasteiger partial charge < -0.3 is 20.3 Å². The summed E-state index contributed by atoms with van der Waals surface area (Å²) in [6.07, 6.45) is 0. The Morgan fingerprint density at radius 3 is 2.68 bits per heavy atom. The molecule has 8 heteroatoms. The van der Waals surface area contributed by atoms with E-state index in [-0.39, 0.29) is 12.5 Å². The minimum atomic E-state index is -0.0905. The number of ether oxygens (including phenoxy) is 1. The maximum atomic E-state index is 11.4. The molecule has 0 fully saturated rings. The number of fused-ring (bicyclic) bond motifs is 1. The smallest absolute Gasteiger partial charge is 0.233 e. The Hall–Kier alpha value is -3.16. The molecule has 0 saturated carbocycles. The Morgan fingerprint density at radius 1 is 1.13 bits per heavy atom.